The van der Waals surface area contributed by atoms with Crippen LogP contribution < -0.4 is 4.74 Å². The second-order valence-electron chi connectivity index (χ2n) is 4.06. The normalized spacial score (nSPS) is 16.1. The zero-order valence-corrected chi connectivity index (χ0v) is 10.2. The Morgan fingerprint density at radius 2 is 2.13 bits per heavy atom. The lowest BCUT2D eigenvalue weighted by atomic mass is 9.86. The van der Waals surface area contributed by atoms with Crippen LogP contribution in [-0.2, 0) is 6.61 Å². The highest BCUT2D eigenvalue weighted by Gasteiger charge is 2.17. The highest BCUT2D eigenvalue weighted by atomic mass is 79.9. The topological polar surface area (TPSA) is 29.5 Å². The Morgan fingerprint density at radius 3 is 2.73 bits per heavy atom. The zero-order chi connectivity index (χ0) is 10.7. The molecular weight excluding hydrogens is 256 g/mol. The fourth-order valence-electron chi connectivity index (χ4n) is 1.67. The van der Waals surface area contributed by atoms with Gasteiger partial charge in [0.25, 0.3) is 0 Å². The summed E-state index contributed by atoms with van der Waals surface area (Å²) in [4.78, 5) is 0. The van der Waals surface area contributed by atoms with Gasteiger partial charge >= 0.3 is 0 Å². The van der Waals surface area contributed by atoms with Gasteiger partial charge in [0.1, 0.15) is 5.75 Å². The van der Waals surface area contributed by atoms with Crippen LogP contribution in [0.4, 0.5) is 0 Å². The average molecular weight is 271 g/mol. The fourth-order valence-corrected chi connectivity index (χ4v) is 2.19. The van der Waals surface area contributed by atoms with E-state index in [0.29, 0.717) is 0 Å². The maximum atomic E-state index is 9.04. The lowest BCUT2D eigenvalue weighted by molar-refractivity contribution is 0.180. The fraction of sp³-hybridized carbons (Fsp3) is 0.500. The van der Waals surface area contributed by atoms with E-state index < -0.39 is 0 Å². The molecular formula is C12H15BrO2. The molecule has 1 aliphatic rings. The number of hydrogen-bond donors (Lipinski definition) is 1. The molecule has 1 aromatic carbocycles. The molecule has 0 aliphatic heterocycles. The molecule has 1 aromatic rings. The van der Waals surface area contributed by atoms with E-state index >= 15 is 0 Å². The van der Waals surface area contributed by atoms with Crippen molar-refractivity contribution in [1.29, 1.82) is 0 Å². The Bertz CT molecular complexity index is 334. The molecule has 15 heavy (non-hydrogen) atoms. The van der Waals surface area contributed by atoms with Crippen LogP contribution in [0.1, 0.15) is 24.8 Å². The van der Waals surface area contributed by atoms with E-state index in [9.17, 15) is 0 Å². The molecule has 0 radical (unpaired) electrons. The van der Waals surface area contributed by atoms with Gasteiger partial charge in [0.15, 0.2) is 0 Å². The van der Waals surface area contributed by atoms with Crippen LogP contribution in [0.15, 0.2) is 22.7 Å². The van der Waals surface area contributed by atoms with E-state index in [1.165, 1.54) is 19.3 Å². The second kappa shape index (κ2) is 4.99. The zero-order valence-electron chi connectivity index (χ0n) is 8.58. The molecule has 0 spiro atoms. The van der Waals surface area contributed by atoms with Crippen molar-refractivity contribution >= 4 is 15.9 Å². The molecule has 2 nitrogen and oxygen atoms in total. The van der Waals surface area contributed by atoms with Gasteiger partial charge in [-0.3, -0.25) is 0 Å². The summed E-state index contributed by atoms with van der Waals surface area (Å²) < 4.78 is 6.65. The molecule has 2 rings (SSSR count). The minimum atomic E-state index is 0.0548. The Balaban J connectivity index is 1.96. The predicted molar refractivity (Wildman–Crippen MR) is 62.9 cm³/mol. The summed E-state index contributed by atoms with van der Waals surface area (Å²) in [7, 11) is 0. The van der Waals surface area contributed by atoms with E-state index in [2.05, 4.69) is 15.9 Å². The number of aliphatic hydroxyl groups excluding tert-OH is 1. The molecule has 1 saturated carbocycles. The summed E-state index contributed by atoms with van der Waals surface area (Å²) in [5.41, 5.74) is 0.882. The van der Waals surface area contributed by atoms with Gasteiger partial charge in [-0.25, -0.2) is 0 Å². The molecule has 1 N–H and O–H groups in total. The van der Waals surface area contributed by atoms with E-state index in [4.69, 9.17) is 9.84 Å². The summed E-state index contributed by atoms with van der Waals surface area (Å²) in [6.45, 7) is 0.862. The first-order chi connectivity index (χ1) is 7.28. The molecule has 0 heterocycles. The van der Waals surface area contributed by atoms with Crippen molar-refractivity contribution in [3.05, 3.63) is 28.2 Å². The van der Waals surface area contributed by atoms with Gasteiger partial charge in [-0.15, -0.1) is 0 Å². The van der Waals surface area contributed by atoms with Crippen molar-refractivity contribution in [2.24, 2.45) is 5.92 Å². The van der Waals surface area contributed by atoms with Gasteiger partial charge in [-0.1, -0.05) is 22.4 Å². The summed E-state index contributed by atoms with van der Waals surface area (Å²) in [6, 6.07) is 5.73. The quantitative estimate of drug-likeness (QED) is 0.911. The molecule has 0 amide bonds. The largest absolute Gasteiger partial charge is 0.493 e. The van der Waals surface area contributed by atoms with Crippen LogP contribution >= 0.6 is 15.9 Å². The van der Waals surface area contributed by atoms with Gasteiger partial charge < -0.3 is 9.84 Å². The lowest BCUT2D eigenvalue weighted by Crippen LogP contribution is -2.19. The third-order valence-electron chi connectivity index (χ3n) is 2.82. The standard InChI is InChI=1S/C12H15BrO2/c13-11-4-10(7-14)5-12(6-11)15-8-9-2-1-3-9/h4-6,9,14H,1-3,7-8H2. The Morgan fingerprint density at radius 1 is 1.33 bits per heavy atom. The Hall–Kier alpha value is -0.540. The Labute approximate surface area is 98.4 Å². The SMILES string of the molecule is OCc1cc(Br)cc(OCC2CCC2)c1. The van der Waals surface area contributed by atoms with Gasteiger partial charge in [0.2, 0.25) is 0 Å². The predicted octanol–water partition coefficient (Wildman–Crippen LogP) is 3.12. The maximum absolute atomic E-state index is 9.04. The monoisotopic (exact) mass is 270 g/mol. The number of benzene rings is 1. The third-order valence-corrected chi connectivity index (χ3v) is 3.28. The maximum Gasteiger partial charge on any atom is 0.120 e. The number of rotatable bonds is 4. The smallest absolute Gasteiger partial charge is 0.120 e. The first kappa shape index (κ1) is 11.0. The number of aliphatic hydroxyl groups is 1. The molecule has 0 bridgehead atoms. The number of hydrogen-bond acceptors (Lipinski definition) is 2. The van der Waals surface area contributed by atoms with Crippen LogP contribution in [0, 0.1) is 5.92 Å². The summed E-state index contributed by atoms with van der Waals surface area (Å²) >= 11 is 3.40. The third kappa shape index (κ3) is 2.95. The highest BCUT2D eigenvalue weighted by molar-refractivity contribution is 9.10. The first-order valence-corrected chi connectivity index (χ1v) is 6.10. The van der Waals surface area contributed by atoms with Crippen LogP contribution in [0.3, 0.4) is 0 Å². The molecule has 3 heteroatoms. The van der Waals surface area contributed by atoms with E-state index in [0.717, 1.165) is 28.3 Å². The van der Waals surface area contributed by atoms with Gasteiger partial charge in [0.05, 0.1) is 13.2 Å². The molecule has 0 saturated heterocycles. The van der Waals surface area contributed by atoms with Crippen molar-refractivity contribution in [2.45, 2.75) is 25.9 Å². The summed E-state index contributed by atoms with van der Waals surface area (Å²) in [5.74, 6) is 1.59. The van der Waals surface area contributed by atoms with Crippen molar-refractivity contribution in [1.82, 2.24) is 0 Å². The average Bonchev–Trinajstić information content (AvgIpc) is 2.14. The molecule has 1 aliphatic carbocycles. The van der Waals surface area contributed by atoms with Gasteiger partial charge in [-0.2, -0.15) is 0 Å². The van der Waals surface area contributed by atoms with Crippen LogP contribution in [-0.4, -0.2) is 11.7 Å². The van der Waals surface area contributed by atoms with E-state index in [-0.39, 0.29) is 6.61 Å². The Kier molecular flexibility index (Phi) is 3.65. The van der Waals surface area contributed by atoms with Crippen molar-refractivity contribution < 1.29 is 9.84 Å². The number of halogens is 1. The minimum absolute atomic E-state index is 0.0548. The van der Waals surface area contributed by atoms with Gasteiger partial charge in [-0.05, 0) is 42.5 Å². The van der Waals surface area contributed by atoms with E-state index in [1.54, 1.807) is 0 Å². The minimum Gasteiger partial charge on any atom is -0.493 e. The summed E-state index contributed by atoms with van der Waals surface area (Å²) in [6.07, 6.45) is 3.93. The molecule has 82 valence electrons. The molecule has 0 unspecified atom stereocenters. The molecule has 0 aromatic heterocycles. The number of ether oxygens (including phenoxy) is 1. The molecule has 1 fully saturated rings. The van der Waals surface area contributed by atoms with Crippen LogP contribution in [0.2, 0.25) is 0 Å². The summed E-state index contributed by atoms with van der Waals surface area (Å²) in [5, 5.41) is 9.04. The van der Waals surface area contributed by atoms with Crippen LogP contribution in [0.25, 0.3) is 0 Å². The van der Waals surface area contributed by atoms with Crippen molar-refractivity contribution in [3.8, 4) is 5.75 Å². The van der Waals surface area contributed by atoms with Gasteiger partial charge in [0, 0.05) is 4.47 Å². The van der Waals surface area contributed by atoms with Crippen molar-refractivity contribution in [2.75, 3.05) is 6.61 Å². The lowest BCUT2D eigenvalue weighted by Gasteiger charge is -2.25. The first-order valence-electron chi connectivity index (χ1n) is 5.31. The van der Waals surface area contributed by atoms with Crippen LogP contribution in [0.5, 0.6) is 5.75 Å². The highest BCUT2D eigenvalue weighted by Crippen LogP contribution is 2.28. The second-order valence-corrected chi connectivity index (χ2v) is 4.98. The van der Waals surface area contributed by atoms with Crippen molar-refractivity contribution in [3.63, 3.8) is 0 Å². The molecule has 0 atom stereocenters. The van der Waals surface area contributed by atoms with E-state index in [1.807, 2.05) is 18.2 Å².